The molecule has 0 fully saturated rings. The lowest BCUT2D eigenvalue weighted by molar-refractivity contribution is 0.216. The molecule has 0 radical (unpaired) electrons. The third-order valence-electron chi connectivity index (χ3n) is 3.02. The van der Waals surface area contributed by atoms with Crippen LogP contribution in [0.4, 0.5) is 5.69 Å². The van der Waals surface area contributed by atoms with Gasteiger partial charge in [-0.05, 0) is 44.9 Å². The first-order valence-corrected chi connectivity index (χ1v) is 5.30. The van der Waals surface area contributed by atoms with Gasteiger partial charge in [-0.2, -0.15) is 0 Å². The molecule has 0 heterocycles. The highest BCUT2D eigenvalue weighted by Crippen LogP contribution is 2.26. The number of likely N-dealkylation sites (N-methyl/N-ethyl adjacent to an activating group) is 1. The second kappa shape index (κ2) is 4.23. The maximum Gasteiger partial charge on any atom is 0.0658 e. The molecule has 1 aromatic rings. The van der Waals surface area contributed by atoms with Crippen LogP contribution in [0.25, 0.3) is 0 Å². The third-order valence-corrected chi connectivity index (χ3v) is 3.02. The van der Waals surface area contributed by atoms with E-state index in [2.05, 4.69) is 36.9 Å². The van der Waals surface area contributed by atoms with Gasteiger partial charge in [0.2, 0.25) is 0 Å². The quantitative estimate of drug-likeness (QED) is 0.823. The maximum atomic E-state index is 9.34. The SMILES string of the molecule is Cc1ccc(C)c(N(C)C(C)(C)CO)c1. The number of hydrogen-bond donors (Lipinski definition) is 1. The summed E-state index contributed by atoms with van der Waals surface area (Å²) in [6.45, 7) is 8.40. The van der Waals surface area contributed by atoms with Crippen LogP contribution in [0, 0.1) is 13.8 Å². The normalized spacial score (nSPS) is 11.6. The lowest BCUT2D eigenvalue weighted by Gasteiger charge is -2.37. The minimum Gasteiger partial charge on any atom is -0.394 e. The summed E-state index contributed by atoms with van der Waals surface area (Å²) in [6.07, 6.45) is 0. The molecule has 2 heteroatoms. The van der Waals surface area contributed by atoms with Crippen molar-refractivity contribution in [3.63, 3.8) is 0 Å². The van der Waals surface area contributed by atoms with Gasteiger partial charge in [-0.1, -0.05) is 12.1 Å². The Bertz CT molecular complexity index is 344. The van der Waals surface area contributed by atoms with Crippen LogP contribution in [0.2, 0.25) is 0 Å². The third kappa shape index (κ3) is 2.51. The molecule has 0 unspecified atom stereocenters. The second-order valence-corrected chi connectivity index (χ2v) is 4.82. The van der Waals surface area contributed by atoms with Crippen molar-refractivity contribution in [3.05, 3.63) is 29.3 Å². The van der Waals surface area contributed by atoms with Gasteiger partial charge in [-0.25, -0.2) is 0 Å². The van der Waals surface area contributed by atoms with E-state index in [-0.39, 0.29) is 12.1 Å². The van der Waals surface area contributed by atoms with Crippen molar-refractivity contribution in [2.75, 3.05) is 18.6 Å². The lowest BCUT2D eigenvalue weighted by Crippen LogP contribution is -2.44. The van der Waals surface area contributed by atoms with E-state index in [0.717, 1.165) is 0 Å². The molecule has 0 aliphatic heterocycles. The van der Waals surface area contributed by atoms with E-state index in [4.69, 9.17) is 0 Å². The van der Waals surface area contributed by atoms with Crippen LogP contribution in [0.3, 0.4) is 0 Å². The van der Waals surface area contributed by atoms with E-state index in [9.17, 15) is 5.11 Å². The van der Waals surface area contributed by atoms with Crippen LogP contribution < -0.4 is 4.90 Å². The van der Waals surface area contributed by atoms with Crippen molar-refractivity contribution in [3.8, 4) is 0 Å². The van der Waals surface area contributed by atoms with Crippen LogP contribution in [-0.4, -0.2) is 24.3 Å². The summed E-state index contributed by atoms with van der Waals surface area (Å²) in [5.74, 6) is 0. The molecule has 0 saturated heterocycles. The number of rotatable bonds is 3. The van der Waals surface area contributed by atoms with Crippen molar-refractivity contribution in [1.82, 2.24) is 0 Å². The molecule has 2 nitrogen and oxygen atoms in total. The Kier molecular flexibility index (Phi) is 3.40. The van der Waals surface area contributed by atoms with Gasteiger partial charge >= 0.3 is 0 Å². The predicted molar refractivity (Wildman–Crippen MR) is 65.5 cm³/mol. The lowest BCUT2D eigenvalue weighted by atomic mass is 10.0. The largest absolute Gasteiger partial charge is 0.394 e. The van der Waals surface area contributed by atoms with Crippen molar-refractivity contribution in [2.24, 2.45) is 0 Å². The van der Waals surface area contributed by atoms with Crippen LogP contribution in [0.15, 0.2) is 18.2 Å². The van der Waals surface area contributed by atoms with Crippen LogP contribution in [-0.2, 0) is 0 Å². The molecule has 1 N–H and O–H groups in total. The average Bonchev–Trinajstić information content (AvgIpc) is 2.20. The van der Waals surface area contributed by atoms with E-state index >= 15 is 0 Å². The number of aryl methyl sites for hydroxylation is 2. The van der Waals surface area contributed by atoms with Crippen molar-refractivity contribution in [1.29, 1.82) is 0 Å². The first-order chi connectivity index (χ1) is 6.88. The summed E-state index contributed by atoms with van der Waals surface area (Å²) < 4.78 is 0. The van der Waals surface area contributed by atoms with Crippen LogP contribution in [0.1, 0.15) is 25.0 Å². The molecule has 84 valence electrons. The zero-order valence-electron chi connectivity index (χ0n) is 10.3. The predicted octanol–water partition coefficient (Wildman–Crippen LogP) is 2.51. The van der Waals surface area contributed by atoms with Gasteiger partial charge in [0, 0.05) is 12.7 Å². The zero-order valence-corrected chi connectivity index (χ0v) is 10.3. The molecular weight excluding hydrogens is 186 g/mol. The number of hydrogen-bond acceptors (Lipinski definition) is 2. The molecule has 0 aromatic heterocycles. The Morgan fingerprint density at radius 2 is 1.87 bits per heavy atom. The Morgan fingerprint density at radius 1 is 1.27 bits per heavy atom. The summed E-state index contributed by atoms with van der Waals surface area (Å²) in [6, 6.07) is 6.39. The molecule has 0 atom stereocenters. The standard InChI is InChI=1S/C13H21NO/c1-10-6-7-11(2)12(8-10)14(5)13(3,4)9-15/h6-8,15H,9H2,1-5H3. The Labute approximate surface area is 92.5 Å². The Morgan fingerprint density at radius 3 is 2.40 bits per heavy atom. The van der Waals surface area contributed by atoms with Gasteiger partial charge in [-0.15, -0.1) is 0 Å². The molecular formula is C13H21NO. The molecule has 0 aliphatic carbocycles. The average molecular weight is 207 g/mol. The number of nitrogens with zero attached hydrogens (tertiary/aromatic N) is 1. The minimum absolute atomic E-state index is 0.150. The summed E-state index contributed by atoms with van der Waals surface area (Å²) in [7, 11) is 2.03. The highest BCUT2D eigenvalue weighted by atomic mass is 16.3. The van der Waals surface area contributed by atoms with Crippen molar-refractivity contribution < 1.29 is 5.11 Å². The molecule has 15 heavy (non-hydrogen) atoms. The zero-order chi connectivity index (χ0) is 11.6. The number of aliphatic hydroxyl groups excluding tert-OH is 1. The van der Waals surface area contributed by atoms with Gasteiger partial charge < -0.3 is 10.0 Å². The van der Waals surface area contributed by atoms with E-state index in [1.54, 1.807) is 0 Å². The molecule has 0 amide bonds. The summed E-state index contributed by atoms with van der Waals surface area (Å²) in [4.78, 5) is 2.13. The maximum absolute atomic E-state index is 9.34. The van der Waals surface area contributed by atoms with Crippen molar-refractivity contribution >= 4 is 5.69 Å². The van der Waals surface area contributed by atoms with E-state index in [1.165, 1.54) is 16.8 Å². The summed E-state index contributed by atoms with van der Waals surface area (Å²) in [5.41, 5.74) is 3.45. The smallest absolute Gasteiger partial charge is 0.0658 e. The van der Waals surface area contributed by atoms with Crippen molar-refractivity contribution in [2.45, 2.75) is 33.2 Å². The monoisotopic (exact) mass is 207 g/mol. The first-order valence-electron chi connectivity index (χ1n) is 5.30. The fraction of sp³-hybridized carbons (Fsp3) is 0.538. The van der Waals surface area contributed by atoms with Gasteiger partial charge in [0.15, 0.2) is 0 Å². The van der Waals surface area contributed by atoms with E-state index in [1.807, 2.05) is 20.9 Å². The Balaban J connectivity index is 3.10. The van der Waals surface area contributed by atoms with Gasteiger partial charge in [0.25, 0.3) is 0 Å². The summed E-state index contributed by atoms with van der Waals surface area (Å²) >= 11 is 0. The number of benzene rings is 1. The van der Waals surface area contributed by atoms with E-state index < -0.39 is 0 Å². The van der Waals surface area contributed by atoms with Crippen LogP contribution in [0.5, 0.6) is 0 Å². The van der Waals surface area contributed by atoms with Crippen LogP contribution >= 0.6 is 0 Å². The molecule has 0 aliphatic rings. The molecule has 0 bridgehead atoms. The fourth-order valence-electron chi connectivity index (χ4n) is 1.51. The Hall–Kier alpha value is -1.02. The van der Waals surface area contributed by atoms with Gasteiger partial charge in [-0.3, -0.25) is 0 Å². The van der Waals surface area contributed by atoms with Gasteiger partial charge in [0.1, 0.15) is 0 Å². The summed E-state index contributed by atoms with van der Waals surface area (Å²) in [5, 5.41) is 9.34. The number of aliphatic hydroxyl groups is 1. The first kappa shape index (κ1) is 12.1. The van der Waals surface area contributed by atoms with Gasteiger partial charge in [0.05, 0.1) is 12.1 Å². The molecule has 1 aromatic carbocycles. The molecule has 1 rings (SSSR count). The van der Waals surface area contributed by atoms with E-state index in [0.29, 0.717) is 0 Å². The topological polar surface area (TPSA) is 23.5 Å². The highest BCUT2D eigenvalue weighted by molar-refractivity contribution is 5.56. The number of anilines is 1. The molecule has 0 spiro atoms. The minimum atomic E-state index is -0.224. The highest BCUT2D eigenvalue weighted by Gasteiger charge is 2.23. The second-order valence-electron chi connectivity index (χ2n) is 4.82. The fourth-order valence-corrected chi connectivity index (χ4v) is 1.51. The molecule has 0 saturated carbocycles.